The van der Waals surface area contributed by atoms with E-state index in [2.05, 4.69) is 5.32 Å². The van der Waals surface area contributed by atoms with Crippen molar-refractivity contribution in [3.05, 3.63) is 60.2 Å². The van der Waals surface area contributed by atoms with Crippen LogP contribution in [0.15, 0.2) is 54.6 Å². The average Bonchev–Trinajstić information content (AvgIpc) is 3.07. The molecular formula is C20H24ClN3O2. The lowest BCUT2D eigenvalue weighted by Crippen LogP contribution is -2.30. The fraction of sp³-hybridized carbons (Fsp3) is 0.300. The van der Waals surface area contributed by atoms with Crippen LogP contribution in [0.5, 0.6) is 0 Å². The number of carbonyl (C=O) groups excluding carboxylic acids is 2. The van der Waals surface area contributed by atoms with Gasteiger partial charge in [-0.3, -0.25) is 9.59 Å². The highest BCUT2D eigenvalue weighted by atomic mass is 35.5. The average molecular weight is 374 g/mol. The first-order chi connectivity index (χ1) is 12.1. The fourth-order valence-corrected chi connectivity index (χ4v) is 3.06. The molecule has 1 aliphatic rings. The van der Waals surface area contributed by atoms with Crippen LogP contribution < -0.4 is 16.0 Å². The van der Waals surface area contributed by atoms with Gasteiger partial charge in [0, 0.05) is 30.4 Å². The molecule has 1 aliphatic heterocycles. The van der Waals surface area contributed by atoms with Gasteiger partial charge in [-0.2, -0.15) is 0 Å². The molecule has 1 heterocycles. The molecule has 1 saturated heterocycles. The second-order valence-corrected chi connectivity index (χ2v) is 6.41. The Bertz CT molecular complexity index is 767. The van der Waals surface area contributed by atoms with Crippen molar-refractivity contribution >= 4 is 35.6 Å². The summed E-state index contributed by atoms with van der Waals surface area (Å²) in [5.74, 6) is -0.385. The minimum Gasteiger partial charge on any atom is -0.326 e. The molecule has 0 spiro atoms. The fourth-order valence-electron chi connectivity index (χ4n) is 3.06. The van der Waals surface area contributed by atoms with Crippen LogP contribution in [0.4, 0.5) is 11.4 Å². The molecule has 2 aromatic carbocycles. The van der Waals surface area contributed by atoms with E-state index in [9.17, 15) is 9.59 Å². The molecule has 2 atom stereocenters. The molecule has 0 radical (unpaired) electrons. The van der Waals surface area contributed by atoms with Crippen LogP contribution in [0.2, 0.25) is 0 Å². The van der Waals surface area contributed by atoms with Gasteiger partial charge in [0.15, 0.2) is 0 Å². The van der Waals surface area contributed by atoms with Gasteiger partial charge in [-0.1, -0.05) is 43.3 Å². The first-order valence-electron chi connectivity index (χ1n) is 8.58. The number of amides is 2. The van der Waals surface area contributed by atoms with Crippen molar-refractivity contribution in [1.29, 1.82) is 0 Å². The van der Waals surface area contributed by atoms with Crippen LogP contribution in [0, 0.1) is 5.92 Å². The molecule has 0 saturated carbocycles. The molecule has 1 fully saturated rings. The Hall–Kier alpha value is -2.37. The second-order valence-electron chi connectivity index (χ2n) is 6.41. The summed E-state index contributed by atoms with van der Waals surface area (Å²) in [6.45, 7) is 2.55. The van der Waals surface area contributed by atoms with Crippen molar-refractivity contribution in [1.82, 2.24) is 0 Å². The zero-order valence-electron chi connectivity index (χ0n) is 14.7. The molecule has 2 amide bonds. The zero-order valence-corrected chi connectivity index (χ0v) is 15.5. The second kappa shape index (κ2) is 8.83. The lowest BCUT2D eigenvalue weighted by molar-refractivity contribution is -0.120. The highest BCUT2D eigenvalue weighted by Crippen LogP contribution is 2.25. The molecule has 6 heteroatoms. The molecule has 0 aliphatic carbocycles. The van der Waals surface area contributed by atoms with Crippen molar-refractivity contribution in [3.63, 3.8) is 0 Å². The number of nitrogens with zero attached hydrogens (tertiary/aromatic N) is 1. The number of hydrogen-bond acceptors (Lipinski definition) is 3. The maximum absolute atomic E-state index is 12.6. The van der Waals surface area contributed by atoms with Gasteiger partial charge in [0.25, 0.3) is 0 Å². The number of nitrogens with two attached hydrogens (primary N) is 1. The highest BCUT2D eigenvalue weighted by molar-refractivity contribution is 5.97. The SMILES string of the molecule is CC(C(=O)Nc1cccc(N2CCCC2=O)c1)C(N)c1ccccc1.Cl. The summed E-state index contributed by atoms with van der Waals surface area (Å²) in [6, 6.07) is 16.6. The maximum atomic E-state index is 12.6. The number of carbonyl (C=O) groups is 2. The maximum Gasteiger partial charge on any atom is 0.229 e. The van der Waals surface area contributed by atoms with Gasteiger partial charge in [-0.25, -0.2) is 0 Å². The predicted molar refractivity (Wildman–Crippen MR) is 106 cm³/mol. The standard InChI is InChI=1S/C20H23N3O2.ClH/c1-14(19(21)15-7-3-2-4-8-15)20(25)22-16-9-5-10-17(13-16)23-12-6-11-18(23)24;/h2-5,7-10,13-14,19H,6,11-12,21H2,1H3,(H,22,25);1H. The Labute approximate surface area is 160 Å². The summed E-state index contributed by atoms with van der Waals surface area (Å²) in [6.07, 6.45) is 1.46. The van der Waals surface area contributed by atoms with Crippen LogP contribution in [-0.2, 0) is 9.59 Å². The molecular weight excluding hydrogens is 350 g/mol. The number of nitrogens with one attached hydrogen (secondary N) is 1. The van der Waals surface area contributed by atoms with E-state index in [0.29, 0.717) is 12.1 Å². The zero-order chi connectivity index (χ0) is 17.8. The first kappa shape index (κ1) is 19.9. The molecule has 0 bridgehead atoms. The lowest BCUT2D eigenvalue weighted by Gasteiger charge is -2.21. The molecule has 3 rings (SSSR count). The summed E-state index contributed by atoms with van der Waals surface area (Å²) in [5, 5.41) is 2.91. The Kier molecular flexibility index (Phi) is 6.77. The third-order valence-corrected chi connectivity index (χ3v) is 4.64. The first-order valence-corrected chi connectivity index (χ1v) is 8.58. The van der Waals surface area contributed by atoms with E-state index < -0.39 is 0 Å². The van der Waals surface area contributed by atoms with Crippen molar-refractivity contribution in [2.45, 2.75) is 25.8 Å². The number of benzene rings is 2. The summed E-state index contributed by atoms with van der Waals surface area (Å²) in [5.41, 5.74) is 8.65. The van der Waals surface area contributed by atoms with Gasteiger partial charge in [0.05, 0.1) is 5.92 Å². The minimum absolute atomic E-state index is 0. The molecule has 26 heavy (non-hydrogen) atoms. The van der Waals surface area contributed by atoms with Crippen molar-refractivity contribution in [3.8, 4) is 0 Å². The van der Waals surface area contributed by atoms with E-state index in [0.717, 1.165) is 24.2 Å². The van der Waals surface area contributed by atoms with Crippen molar-refractivity contribution < 1.29 is 9.59 Å². The Morgan fingerprint density at radius 3 is 2.54 bits per heavy atom. The van der Waals surface area contributed by atoms with Gasteiger partial charge >= 0.3 is 0 Å². The third-order valence-electron chi connectivity index (χ3n) is 4.64. The van der Waals surface area contributed by atoms with Crippen LogP contribution in [-0.4, -0.2) is 18.4 Å². The van der Waals surface area contributed by atoms with E-state index >= 15 is 0 Å². The summed E-state index contributed by atoms with van der Waals surface area (Å²) in [7, 11) is 0. The molecule has 138 valence electrons. The highest BCUT2D eigenvalue weighted by Gasteiger charge is 2.24. The summed E-state index contributed by atoms with van der Waals surface area (Å²) < 4.78 is 0. The lowest BCUT2D eigenvalue weighted by atomic mass is 9.94. The number of anilines is 2. The Morgan fingerprint density at radius 2 is 1.88 bits per heavy atom. The van der Waals surface area contributed by atoms with Crippen molar-refractivity contribution in [2.75, 3.05) is 16.8 Å². The Morgan fingerprint density at radius 1 is 1.15 bits per heavy atom. The predicted octanol–water partition coefficient (Wildman–Crippen LogP) is 3.51. The monoisotopic (exact) mass is 373 g/mol. The normalized spacial score (nSPS) is 15.9. The van der Waals surface area contributed by atoms with Crippen LogP contribution >= 0.6 is 12.4 Å². The summed E-state index contributed by atoms with van der Waals surface area (Å²) in [4.78, 5) is 26.2. The van der Waals surface area contributed by atoms with E-state index in [-0.39, 0.29) is 36.2 Å². The minimum atomic E-state index is -0.375. The van der Waals surface area contributed by atoms with Crippen molar-refractivity contribution in [2.24, 2.45) is 11.7 Å². The topological polar surface area (TPSA) is 75.4 Å². The van der Waals surface area contributed by atoms with Gasteiger partial charge < -0.3 is 16.0 Å². The van der Waals surface area contributed by atoms with E-state index in [4.69, 9.17) is 5.73 Å². The molecule has 2 unspecified atom stereocenters. The smallest absolute Gasteiger partial charge is 0.229 e. The van der Waals surface area contributed by atoms with Crippen LogP contribution in [0.3, 0.4) is 0 Å². The van der Waals surface area contributed by atoms with Gasteiger partial charge in [-0.15, -0.1) is 12.4 Å². The largest absolute Gasteiger partial charge is 0.326 e. The number of halogens is 1. The number of rotatable bonds is 5. The molecule has 3 N–H and O–H groups in total. The van der Waals surface area contributed by atoms with Crippen LogP contribution in [0.25, 0.3) is 0 Å². The van der Waals surface area contributed by atoms with E-state index in [1.807, 2.05) is 61.5 Å². The van der Waals surface area contributed by atoms with E-state index in [1.165, 1.54) is 0 Å². The number of hydrogen-bond donors (Lipinski definition) is 2. The van der Waals surface area contributed by atoms with Crippen LogP contribution in [0.1, 0.15) is 31.4 Å². The van der Waals surface area contributed by atoms with Gasteiger partial charge in [0.1, 0.15) is 0 Å². The van der Waals surface area contributed by atoms with E-state index in [1.54, 1.807) is 4.90 Å². The van der Waals surface area contributed by atoms with Gasteiger partial charge in [-0.05, 0) is 30.2 Å². The quantitative estimate of drug-likeness (QED) is 0.842. The molecule has 2 aromatic rings. The third kappa shape index (κ3) is 4.42. The Balaban J connectivity index is 0.00000243. The summed E-state index contributed by atoms with van der Waals surface area (Å²) >= 11 is 0. The molecule has 5 nitrogen and oxygen atoms in total. The van der Waals surface area contributed by atoms with Gasteiger partial charge in [0.2, 0.25) is 11.8 Å². The molecule has 0 aromatic heterocycles.